The fourth-order valence-electron chi connectivity index (χ4n) is 3.74. The molecule has 2 aromatic carbocycles. The highest BCUT2D eigenvalue weighted by Crippen LogP contribution is 2.40. The summed E-state index contributed by atoms with van der Waals surface area (Å²) in [5.41, 5.74) is 1.58. The first-order chi connectivity index (χ1) is 16.0. The molecule has 0 spiro atoms. The molecule has 1 fully saturated rings. The van der Waals surface area contributed by atoms with Gasteiger partial charge in [-0.1, -0.05) is 24.8 Å². The molecule has 0 bridgehead atoms. The standard InChI is InChI=1S/C26H21FN2O4/c1-2-15-33-21-9-5-19(6-10-21)24(30)22-23(18-3-7-20(27)8-4-18)29(26(32)25(22)31)16-17-11-13-28-14-12-17/h2-14,23,30H,1,15-16H2. The first kappa shape index (κ1) is 22.0. The smallest absolute Gasteiger partial charge is 0.295 e. The Morgan fingerprint density at radius 2 is 1.73 bits per heavy atom. The van der Waals surface area contributed by atoms with Gasteiger partial charge >= 0.3 is 0 Å². The number of hydrogen-bond donors (Lipinski definition) is 1. The summed E-state index contributed by atoms with van der Waals surface area (Å²) in [4.78, 5) is 31.4. The maximum atomic E-state index is 13.6. The highest BCUT2D eigenvalue weighted by molar-refractivity contribution is 6.46. The molecule has 166 valence electrons. The fraction of sp³-hybridized carbons (Fsp3) is 0.115. The summed E-state index contributed by atoms with van der Waals surface area (Å²) >= 11 is 0. The van der Waals surface area contributed by atoms with Crippen LogP contribution in [-0.4, -0.2) is 33.3 Å². The molecule has 7 heteroatoms. The van der Waals surface area contributed by atoms with Gasteiger partial charge in [0, 0.05) is 24.5 Å². The number of aromatic nitrogens is 1. The minimum Gasteiger partial charge on any atom is -0.507 e. The van der Waals surface area contributed by atoms with Gasteiger partial charge in [0.1, 0.15) is 23.9 Å². The molecule has 0 radical (unpaired) electrons. The molecule has 1 amide bonds. The number of aliphatic hydroxyl groups excluding tert-OH is 1. The summed E-state index contributed by atoms with van der Waals surface area (Å²) < 4.78 is 19.0. The number of carbonyl (C=O) groups is 2. The van der Waals surface area contributed by atoms with Crippen LogP contribution in [0, 0.1) is 5.82 Å². The molecule has 6 nitrogen and oxygen atoms in total. The van der Waals surface area contributed by atoms with Gasteiger partial charge in [-0.2, -0.15) is 0 Å². The normalized spacial score (nSPS) is 17.2. The van der Waals surface area contributed by atoms with Gasteiger partial charge in [0.15, 0.2) is 0 Å². The van der Waals surface area contributed by atoms with Crippen molar-refractivity contribution < 1.29 is 23.8 Å². The van der Waals surface area contributed by atoms with Gasteiger partial charge in [0.25, 0.3) is 11.7 Å². The van der Waals surface area contributed by atoms with E-state index >= 15 is 0 Å². The maximum absolute atomic E-state index is 13.6. The fourth-order valence-corrected chi connectivity index (χ4v) is 3.74. The van der Waals surface area contributed by atoms with Crippen molar-refractivity contribution in [2.45, 2.75) is 12.6 Å². The summed E-state index contributed by atoms with van der Waals surface area (Å²) in [7, 11) is 0. The number of aliphatic hydroxyl groups is 1. The summed E-state index contributed by atoms with van der Waals surface area (Å²) in [6, 6.07) is 14.6. The van der Waals surface area contributed by atoms with Crippen LogP contribution in [0.3, 0.4) is 0 Å². The number of pyridine rings is 1. The van der Waals surface area contributed by atoms with Crippen LogP contribution in [0.4, 0.5) is 4.39 Å². The van der Waals surface area contributed by atoms with E-state index < -0.39 is 23.5 Å². The Morgan fingerprint density at radius 3 is 2.36 bits per heavy atom. The molecule has 0 saturated carbocycles. The number of halogens is 1. The summed E-state index contributed by atoms with van der Waals surface area (Å²) in [5, 5.41) is 11.1. The average Bonchev–Trinajstić information content (AvgIpc) is 3.08. The van der Waals surface area contributed by atoms with E-state index in [1.807, 2.05) is 0 Å². The number of carbonyl (C=O) groups excluding carboxylic acids is 2. The number of likely N-dealkylation sites (tertiary alicyclic amines) is 1. The molecule has 1 N–H and O–H groups in total. The third kappa shape index (κ3) is 4.52. The number of benzene rings is 2. The number of rotatable bonds is 7. The summed E-state index contributed by atoms with van der Waals surface area (Å²) in [6.45, 7) is 4.05. The lowest BCUT2D eigenvalue weighted by molar-refractivity contribution is -0.140. The van der Waals surface area contributed by atoms with Crippen molar-refractivity contribution in [2.75, 3.05) is 6.61 Å². The highest BCUT2D eigenvalue weighted by atomic mass is 19.1. The van der Waals surface area contributed by atoms with Crippen molar-refractivity contribution in [1.82, 2.24) is 9.88 Å². The molecule has 4 rings (SSSR count). The minimum absolute atomic E-state index is 0.0552. The highest BCUT2D eigenvalue weighted by Gasteiger charge is 2.46. The number of amides is 1. The molecule has 1 aliphatic rings. The molecular formula is C26H21FN2O4. The van der Waals surface area contributed by atoms with Gasteiger partial charge in [-0.05, 0) is 59.7 Å². The van der Waals surface area contributed by atoms with Crippen molar-refractivity contribution >= 4 is 17.4 Å². The second-order valence-electron chi connectivity index (χ2n) is 7.46. The van der Waals surface area contributed by atoms with Crippen molar-refractivity contribution in [3.05, 3.63) is 114 Å². The Balaban J connectivity index is 1.78. The zero-order valence-corrected chi connectivity index (χ0v) is 17.6. The molecule has 1 aromatic heterocycles. The molecule has 1 saturated heterocycles. The number of ketones is 1. The van der Waals surface area contributed by atoms with Gasteiger partial charge in [0.05, 0.1) is 11.6 Å². The topological polar surface area (TPSA) is 79.7 Å². The first-order valence-corrected chi connectivity index (χ1v) is 10.3. The monoisotopic (exact) mass is 444 g/mol. The van der Waals surface area contributed by atoms with Crippen LogP contribution in [0.1, 0.15) is 22.7 Å². The maximum Gasteiger partial charge on any atom is 0.295 e. The van der Waals surface area contributed by atoms with E-state index in [1.54, 1.807) is 54.9 Å². The average molecular weight is 444 g/mol. The van der Waals surface area contributed by atoms with E-state index in [2.05, 4.69) is 11.6 Å². The Morgan fingerprint density at radius 1 is 1.06 bits per heavy atom. The summed E-state index contributed by atoms with van der Waals surface area (Å²) in [6.07, 6.45) is 4.80. The van der Waals surface area contributed by atoms with Gasteiger partial charge in [-0.25, -0.2) is 4.39 Å². The van der Waals surface area contributed by atoms with Crippen LogP contribution in [0.15, 0.2) is 91.3 Å². The van der Waals surface area contributed by atoms with Crippen molar-refractivity contribution in [2.24, 2.45) is 0 Å². The van der Waals surface area contributed by atoms with Gasteiger partial charge in [-0.15, -0.1) is 0 Å². The Hall–Kier alpha value is -4.26. The van der Waals surface area contributed by atoms with Crippen LogP contribution in [0.5, 0.6) is 5.75 Å². The van der Waals surface area contributed by atoms with E-state index in [0.717, 1.165) is 5.56 Å². The number of nitrogens with zero attached hydrogens (tertiary/aromatic N) is 2. The zero-order valence-electron chi connectivity index (χ0n) is 17.6. The lowest BCUT2D eigenvalue weighted by Gasteiger charge is -2.25. The van der Waals surface area contributed by atoms with Crippen LogP contribution in [0.2, 0.25) is 0 Å². The predicted octanol–water partition coefficient (Wildman–Crippen LogP) is 4.41. The van der Waals surface area contributed by atoms with E-state index in [0.29, 0.717) is 23.5 Å². The van der Waals surface area contributed by atoms with Crippen LogP contribution < -0.4 is 4.74 Å². The van der Waals surface area contributed by atoms with Crippen molar-refractivity contribution in [3.8, 4) is 5.75 Å². The van der Waals surface area contributed by atoms with Crippen LogP contribution in [0.25, 0.3) is 5.76 Å². The quantitative estimate of drug-likeness (QED) is 0.253. The molecule has 1 aliphatic heterocycles. The molecule has 3 aromatic rings. The van der Waals surface area contributed by atoms with Gasteiger partial charge in [0.2, 0.25) is 0 Å². The first-order valence-electron chi connectivity index (χ1n) is 10.3. The van der Waals surface area contributed by atoms with Gasteiger partial charge in [-0.3, -0.25) is 14.6 Å². The largest absolute Gasteiger partial charge is 0.507 e. The molecule has 1 atom stereocenters. The third-order valence-corrected chi connectivity index (χ3v) is 5.32. The second-order valence-corrected chi connectivity index (χ2v) is 7.46. The zero-order chi connectivity index (χ0) is 23.4. The predicted molar refractivity (Wildman–Crippen MR) is 121 cm³/mol. The molecule has 1 unspecified atom stereocenters. The molecular weight excluding hydrogens is 423 g/mol. The van der Waals surface area contributed by atoms with E-state index in [-0.39, 0.29) is 17.9 Å². The van der Waals surface area contributed by atoms with Crippen molar-refractivity contribution in [3.63, 3.8) is 0 Å². The van der Waals surface area contributed by atoms with E-state index in [1.165, 1.54) is 29.2 Å². The molecule has 0 aliphatic carbocycles. The van der Waals surface area contributed by atoms with E-state index in [9.17, 15) is 19.1 Å². The lowest BCUT2D eigenvalue weighted by atomic mass is 9.95. The van der Waals surface area contributed by atoms with Gasteiger partial charge < -0.3 is 14.7 Å². The van der Waals surface area contributed by atoms with E-state index in [4.69, 9.17) is 4.74 Å². The molecule has 2 heterocycles. The number of hydrogen-bond acceptors (Lipinski definition) is 5. The van der Waals surface area contributed by atoms with Crippen molar-refractivity contribution in [1.29, 1.82) is 0 Å². The lowest BCUT2D eigenvalue weighted by Crippen LogP contribution is -2.29. The minimum atomic E-state index is -0.879. The van der Waals surface area contributed by atoms with Crippen LogP contribution in [-0.2, 0) is 16.1 Å². The second kappa shape index (κ2) is 9.48. The Labute approximate surface area is 190 Å². The van der Waals surface area contributed by atoms with Crippen LogP contribution >= 0.6 is 0 Å². The molecule has 33 heavy (non-hydrogen) atoms. The third-order valence-electron chi connectivity index (χ3n) is 5.32. The number of Topliss-reactive ketones (excluding diaryl/α,β-unsaturated/α-hetero) is 1. The Kier molecular flexibility index (Phi) is 6.31. The number of ether oxygens (including phenoxy) is 1. The SMILES string of the molecule is C=CCOc1ccc(C(O)=C2C(=O)C(=O)N(Cc3ccncc3)C2c2ccc(F)cc2)cc1. The summed E-state index contributed by atoms with van der Waals surface area (Å²) in [5.74, 6) is -1.73. The Bertz CT molecular complexity index is 1210.